The van der Waals surface area contributed by atoms with E-state index < -0.39 is 0 Å². The number of hydrogen-bond donors (Lipinski definition) is 1. The molecular formula is C25H31N2O3+. The molecule has 0 radical (unpaired) electrons. The molecule has 0 amide bonds. The van der Waals surface area contributed by atoms with Gasteiger partial charge in [0.1, 0.15) is 12.3 Å². The Morgan fingerprint density at radius 2 is 1.70 bits per heavy atom. The van der Waals surface area contributed by atoms with Crippen LogP contribution in [0.3, 0.4) is 0 Å². The van der Waals surface area contributed by atoms with E-state index in [0.29, 0.717) is 13.2 Å². The van der Waals surface area contributed by atoms with E-state index >= 15 is 0 Å². The molecule has 5 nitrogen and oxygen atoms in total. The van der Waals surface area contributed by atoms with E-state index in [0.717, 1.165) is 35.0 Å². The summed E-state index contributed by atoms with van der Waals surface area (Å²) in [6, 6.07) is 13.2. The van der Waals surface area contributed by atoms with E-state index in [1.807, 2.05) is 13.8 Å². The number of methoxy groups -OCH3 is 1. The second-order valence-electron chi connectivity index (χ2n) is 7.69. The van der Waals surface area contributed by atoms with Gasteiger partial charge in [-0.2, -0.15) is 0 Å². The van der Waals surface area contributed by atoms with Crippen molar-refractivity contribution < 1.29 is 19.5 Å². The minimum Gasteiger partial charge on any atom is -0.496 e. The topological polar surface area (TPSA) is 49.2 Å². The Bertz CT molecular complexity index is 1050. The van der Waals surface area contributed by atoms with Crippen LogP contribution in [0.1, 0.15) is 47.8 Å². The molecule has 1 aliphatic heterocycles. The Morgan fingerprint density at radius 3 is 2.40 bits per heavy atom. The molecule has 0 bridgehead atoms. The number of fused-ring (bicyclic) bond motifs is 3. The molecule has 0 saturated heterocycles. The number of hydrogen-bond acceptors (Lipinski definition) is 3. The SMILES string of the molecule is CCOc1cc2c(cc1OCC)-n1cccc1C(c1cc(C)c(OC)cc1C)[NH2+]C2. The fraction of sp³-hybridized carbons (Fsp3) is 0.360. The summed E-state index contributed by atoms with van der Waals surface area (Å²) in [7, 11) is 1.73. The Labute approximate surface area is 178 Å². The van der Waals surface area contributed by atoms with Crippen LogP contribution in [0.4, 0.5) is 0 Å². The van der Waals surface area contributed by atoms with Gasteiger partial charge in [0, 0.05) is 23.4 Å². The monoisotopic (exact) mass is 407 g/mol. The van der Waals surface area contributed by atoms with Gasteiger partial charge in [-0.3, -0.25) is 0 Å². The highest BCUT2D eigenvalue weighted by Crippen LogP contribution is 2.37. The van der Waals surface area contributed by atoms with Crippen molar-refractivity contribution in [1.82, 2.24) is 4.57 Å². The maximum atomic E-state index is 5.90. The predicted molar refractivity (Wildman–Crippen MR) is 118 cm³/mol. The first-order chi connectivity index (χ1) is 14.6. The van der Waals surface area contributed by atoms with Crippen molar-refractivity contribution in [2.75, 3.05) is 20.3 Å². The van der Waals surface area contributed by atoms with Gasteiger partial charge in [-0.1, -0.05) is 0 Å². The lowest BCUT2D eigenvalue weighted by molar-refractivity contribution is -0.702. The van der Waals surface area contributed by atoms with Crippen LogP contribution in [-0.4, -0.2) is 24.9 Å². The zero-order valence-corrected chi connectivity index (χ0v) is 18.5. The summed E-state index contributed by atoms with van der Waals surface area (Å²) in [4.78, 5) is 0. The molecule has 1 aromatic heterocycles. The van der Waals surface area contributed by atoms with Gasteiger partial charge in [-0.05, 0) is 69.2 Å². The van der Waals surface area contributed by atoms with Crippen LogP contribution in [-0.2, 0) is 6.54 Å². The number of aryl methyl sites for hydroxylation is 2. The van der Waals surface area contributed by atoms with E-state index in [-0.39, 0.29) is 6.04 Å². The highest BCUT2D eigenvalue weighted by Gasteiger charge is 2.29. The fourth-order valence-corrected chi connectivity index (χ4v) is 4.40. The lowest BCUT2D eigenvalue weighted by atomic mass is 9.96. The molecule has 5 heteroatoms. The van der Waals surface area contributed by atoms with Gasteiger partial charge in [0.05, 0.1) is 31.7 Å². The summed E-state index contributed by atoms with van der Waals surface area (Å²) >= 11 is 0. The molecule has 0 saturated carbocycles. The maximum Gasteiger partial charge on any atom is 0.163 e. The molecule has 3 aromatic rings. The number of nitrogens with zero attached hydrogens (tertiary/aromatic N) is 1. The predicted octanol–water partition coefficient (Wildman–Crippen LogP) is 4.07. The van der Waals surface area contributed by atoms with Crippen molar-refractivity contribution in [3.8, 4) is 22.9 Å². The molecule has 0 fully saturated rings. The average Bonchev–Trinajstić information content (AvgIpc) is 3.16. The summed E-state index contributed by atoms with van der Waals surface area (Å²) in [6.45, 7) is 10.4. The lowest BCUT2D eigenvalue weighted by Crippen LogP contribution is -2.83. The largest absolute Gasteiger partial charge is 0.496 e. The first-order valence-corrected chi connectivity index (χ1v) is 10.7. The minimum atomic E-state index is 0.197. The minimum absolute atomic E-state index is 0.197. The zero-order chi connectivity index (χ0) is 21.3. The van der Waals surface area contributed by atoms with Gasteiger partial charge in [0.2, 0.25) is 0 Å². The molecule has 2 N–H and O–H groups in total. The van der Waals surface area contributed by atoms with Gasteiger partial charge in [0.25, 0.3) is 0 Å². The van der Waals surface area contributed by atoms with Crippen LogP contribution in [0.5, 0.6) is 17.2 Å². The molecule has 30 heavy (non-hydrogen) atoms. The van der Waals surface area contributed by atoms with Crippen LogP contribution in [0, 0.1) is 13.8 Å². The van der Waals surface area contributed by atoms with Crippen molar-refractivity contribution >= 4 is 0 Å². The maximum absolute atomic E-state index is 5.90. The second kappa shape index (κ2) is 8.44. The number of aromatic nitrogens is 1. The fourth-order valence-electron chi connectivity index (χ4n) is 4.40. The summed E-state index contributed by atoms with van der Waals surface area (Å²) in [5, 5.41) is 2.40. The lowest BCUT2D eigenvalue weighted by Gasteiger charge is -2.19. The Hall–Kier alpha value is -2.92. The second-order valence-corrected chi connectivity index (χ2v) is 7.69. The van der Waals surface area contributed by atoms with Gasteiger partial charge < -0.3 is 24.1 Å². The van der Waals surface area contributed by atoms with Crippen LogP contribution in [0.2, 0.25) is 0 Å². The molecule has 1 atom stereocenters. The molecule has 4 rings (SSSR count). The number of ether oxygens (including phenoxy) is 3. The van der Waals surface area contributed by atoms with Crippen LogP contribution in [0.15, 0.2) is 42.6 Å². The highest BCUT2D eigenvalue weighted by atomic mass is 16.5. The van der Waals surface area contributed by atoms with E-state index in [4.69, 9.17) is 14.2 Å². The van der Waals surface area contributed by atoms with Crippen molar-refractivity contribution in [2.24, 2.45) is 0 Å². The number of nitrogens with two attached hydrogens (primary N) is 1. The van der Waals surface area contributed by atoms with Gasteiger partial charge >= 0.3 is 0 Å². The quantitative estimate of drug-likeness (QED) is 0.670. The summed E-state index contributed by atoms with van der Waals surface area (Å²) in [5.41, 5.74) is 7.36. The van der Waals surface area contributed by atoms with Gasteiger partial charge in [0.15, 0.2) is 17.5 Å². The molecule has 2 aromatic carbocycles. The Morgan fingerprint density at radius 1 is 0.967 bits per heavy atom. The number of rotatable bonds is 6. The first kappa shape index (κ1) is 20.4. The third-order valence-corrected chi connectivity index (χ3v) is 5.80. The standard InChI is InChI=1S/C25H30N2O3/c1-6-29-23-13-18-15-26-25(19-11-17(4)22(28-5)12-16(19)3)20-9-8-10-27(20)21(18)14-24(23)30-7-2/h8-14,25-26H,6-7,15H2,1-5H3/p+1. The van der Waals surface area contributed by atoms with Crippen LogP contribution in [0.25, 0.3) is 5.69 Å². The third kappa shape index (κ3) is 3.54. The Kier molecular flexibility index (Phi) is 5.73. The summed E-state index contributed by atoms with van der Waals surface area (Å²) < 4.78 is 19.6. The number of benzene rings is 2. The molecule has 1 unspecified atom stereocenters. The van der Waals surface area contributed by atoms with Crippen molar-refractivity contribution in [2.45, 2.75) is 40.3 Å². The molecule has 0 aliphatic carbocycles. The average molecular weight is 408 g/mol. The summed E-state index contributed by atoms with van der Waals surface area (Å²) in [6.07, 6.45) is 2.14. The third-order valence-electron chi connectivity index (χ3n) is 5.80. The zero-order valence-electron chi connectivity index (χ0n) is 18.5. The van der Waals surface area contributed by atoms with Crippen LogP contribution < -0.4 is 19.5 Å². The number of quaternary nitrogens is 1. The van der Waals surface area contributed by atoms with E-state index in [2.05, 4.69) is 66.3 Å². The van der Waals surface area contributed by atoms with Gasteiger partial charge in [-0.25, -0.2) is 0 Å². The first-order valence-electron chi connectivity index (χ1n) is 10.7. The van der Waals surface area contributed by atoms with Crippen molar-refractivity contribution in [3.63, 3.8) is 0 Å². The Balaban J connectivity index is 1.83. The van der Waals surface area contributed by atoms with Gasteiger partial charge in [-0.15, -0.1) is 0 Å². The summed E-state index contributed by atoms with van der Waals surface area (Å²) in [5.74, 6) is 2.55. The van der Waals surface area contributed by atoms with Crippen LogP contribution >= 0.6 is 0 Å². The molecule has 158 valence electrons. The van der Waals surface area contributed by atoms with E-state index in [1.54, 1.807) is 7.11 Å². The smallest absolute Gasteiger partial charge is 0.163 e. The van der Waals surface area contributed by atoms with E-state index in [9.17, 15) is 0 Å². The molecule has 1 aliphatic rings. The normalized spacial score (nSPS) is 15.2. The molecule has 0 spiro atoms. The van der Waals surface area contributed by atoms with E-state index in [1.165, 1.54) is 22.4 Å². The van der Waals surface area contributed by atoms with Crippen molar-refractivity contribution in [1.29, 1.82) is 0 Å². The molecular weight excluding hydrogens is 376 g/mol. The molecule has 2 heterocycles. The van der Waals surface area contributed by atoms with Crippen molar-refractivity contribution in [3.05, 3.63) is 70.5 Å². The highest BCUT2D eigenvalue weighted by molar-refractivity contribution is 5.56.